The molecule has 6 heteroatoms. The maximum absolute atomic E-state index is 12.3. The van der Waals surface area contributed by atoms with E-state index < -0.39 is 0 Å². The first-order valence-corrected chi connectivity index (χ1v) is 11.0. The molecule has 1 unspecified atom stereocenters. The van der Waals surface area contributed by atoms with Crippen molar-refractivity contribution >= 4 is 17.7 Å². The van der Waals surface area contributed by atoms with Gasteiger partial charge in [0.15, 0.2) is 11.0 Å². The van der Waals surface area contributed by atoms with Crippen LogP contribution in [0.5, 0.6) is 0 Å². The molecule has 29 heavy (non-hydrogen) atoms. The average Bonchev–Trinajstić information content (AvgIpc) is 3.13. The summed E-state index contributed by atoms with van der Waals surface area (Å²) in [4.78, 5) is 12.3. The molecule has 1 aromatic heterocycles. The Kier molecular flexibility index (Phi) is 7.09. The normalized spacial score (nSPS) is 12.0. The smallest absolute Gasteiger partial charge is 0.230 e. The monoisotopic (exact) mass is 408 g/mol. The first-order chi connectivity index (χ1) is 14.0. The lowest BCUT2D eigenvalue weighted by molar-refractivity contribution is -0.119. The van der Waals surface area contributed by atoms with Gasteiger partial charge in [0.25, 0.3) is 0 Å². The Morgan fingerprint density at radius 2 is 1.86 bits per heavy atom. The van der Waals surface area contributed by atoms with E-state index >= 15 is 0 Å². The number of aryl methyl sites for hydroxylation is 2. The summed E-state index contributed by atoms with van der Waals surface area (Å²) >= 11 is 1.41. The van der Waals surface area contributed by atoms with Crippen LogP contribution in [0.25, 0.3) is 17.1 Å². The van der Waals surface area contributed by atoms with E-state index in [9.17, 15) is 4.79 Å². The number of hydrogen-bond donors (Lipinski definition) is 1. The van der Waals surface area contributed by atoms with Crippen molar-refractivity contribution in [1.82, 2.24) is 20.1 Å². The standard InChI is InChI=1S/C23H28N4OS/c1-5-9-18(4)24-21(28)15-29-23-26-25-22(19-10-7-6-8-11-19)27(23)20-13-12-16(2)17(3)14-20/h6-8,10-14,18H,5,9,15H2,1-4H3,(H,24,28). The van der Waals surface area contributed by atoms with Crippen LogP contribution in [0.3, 0.4) is 0 Å². The number of thioether (sulfide) groups is 1. The topological polar surface area (TPSA) is 59.8 Å². The van der Waals surface area contributed by atoms with Gasteiger partial charge < -0.3 is 5.32 Å². The van der Waals surface area contributed by atoms with Gasteiger partial charge in [-0.15, -0.1) is 10.2 Å². The third kappa shape index (κ3) is 5.26. The zero-order valence-electron chi connectivity index (χ0n) is 17.5. The van der Waals surface area contributed by atoms with Gasteiger partial charge in [-0.25, -0.2) is 0 Å². The van der Waals surface area contributed by atoms with Crippen LogP contribution in [0.2, 0.25) is 0 Å². The average molecular weight is 409 g/mol. The number of rotatable bonds is 8. The van der Waals surface area contributed by atoms with Gasteiger partial charge in [0.05, 0.1) is 11.4 Å². The number of benzene rings is 2. The van der Waals surface area contributed by atoms with Crippen molar-refractivity contribution in [3.8, 4) is 17.1 Å². The molecule has 152 valence electrons. The lowest BCUT2D eigenvalue weighted by Crippen LogP contribution is -2.33. The van der Waals surface area contributed by atoms with E-state index in [4.69, 9.17) is 0 Å². The molecule has 1 amide bonds. The number of nitrogens with zero attached hydrogens (tertiary/aromatic N) is 3. The Morgan fingerprint density at radius 1 is 1.10 bits per heavy atom. The van der Waals surface area contributed by atoms with Crippen LogP contribution < -0.4 is 5.32 Å². The van der Waals surface area contributed by atoms with Crippen molar-refractivity contribution in [3.63, 3.8) is 0 Å². The summed E-state index contributed by atoms with van der Waals surface area (Å²) in [6.45, 7) is 8.35. The second-order valence-electron chi connectivity index (χ2n) is 7.32. The Labute approximate surface area is 176 Å². The first kappa shape index (κ1) is 21.1. The summed E-state index contributed by atoms with van der Waals surface area (Å²) in [6.07, 6.45) is 2.03. The van der Waals surface area contributed by atoms with E-state index in [0.29, 0.717) is 10.9 Å². The van der Waals surface area contributed by atoms with Crippen LogP contribution in [0.15, 0.2) is 53.7 Å². The van der Waals surface area contributed by atoms with Crippen molar-refractivity contribution in [2.45, 2.75) is 51.7 Å². The molecule has 0 aliphatic rings. The highest BCUT2D eigenvalue weighted by molar-refractivity contribution is 7.99. The van der Waals surface area contributed by atoms with Gasteiger partial charge in [-0.05, 0) is 50.5 Å². The summed E-state index contributed by atoms with van der Waals surface area (Å²) in [5.41, 5.74) is 4.43. The fourth-order valence-electron chi connectivity index (χ4n) is 3.19. The maximum Gasteiger partial charge on any atom is 0.230 e. The molecule has 0 saturated heterocycles. The van der Waals surface area contributed by atoms with Gasteiger partial charge in [0.2, 0.25) is 5.91 Å². The molecule has 2 aromatic carbocycles. The molecule has 3 aromatic rings. The molecule has 1 atom stereocenters. The van der Waals surface area contributed by atoms with E-state index in [0.717, 1.165) is 29.9 Å². The molecule has 0 aliphatic heterocycles. The summed E-state index contributed by atoms with van der Waals surface area (Å²) in [5, 5.41) is 12.6. The Balaban J connectivity index is 1.90. The second kappa shape index (κ2) is 9.74. The molecule has 0 spiro atoms. The van der Waals surface area contributed by atoms with E-state index in [1.165, 1.54) is 22.9 Å². The highest BCUT2D eigenvalue weighted by atomic mass is 32.2. The molecule has 3 rings (SSSR count). The summed E-state index contributed by atoms with van der Waals surface area (Å²) in [6, 6.07) is 16.5. The highest BCUT2D eigenvalue weighted by Gasteiger charge is 2.18. The zero-order valence-corrected chi connectivity index (χ0v) is 18.3. The number of hydrogen-bond acceptors (Lipinski definition) is 4. The van der Waals surface area contributed by atoms with E-state index in [-0.39, 0.29) is 11.9 Å². The van der Waals surface area contributed by atoms with Crippen molar-refractivity contribution in [1.29, 1.82) is 0 Å². The molecule has 0 saturated carbocycles. The minimum absolute atomic E-state index is 0.0202. The summed E-state index contributed by atoms with van der Waals surface area (Å²) in [7, 11) is 0. The number of carbonyl (C=O) groups excluding carboxylic acids is 1. The van der Waals surface area contributed by atoms with Gasteiger partial charge in [-0.2, -0.15) is 0 Å². The number of nitrogens with one attached hydrogen (secondary N) is 1. The summed E-state index contributed by atoms with van der Waals surface area (Å²) < 4.78 is 2.04. The Hall–Kier alpha value is -2.60. The molecule has 1 heterocycles. The Morgan fingerprint density at radius 3 is 2.55 bits per heavy atom. The van der Waals surface area contributed by atoms with Crippen LogP contribution in [0, 0.1) is 13.8 Å². The third-order valence-electron chi connectivity index (χ3n) is 4.88. The van der Waals surface area contributed by atoms with Crippen molar-refractivity contribution < 1.29 is 4.79 Å². The minimum atomic E-state index is 0.0202. The van der Waals surface area contributed by atoms with Crippen molar-refractivity contribution in [2.24, 2.45) is 0 Å². The van der Waals surface area contributed by atoms with Crippen LogP contribution in [-0.2, 0) is 4.79 Å². The fraction of sp³-hybridized carbons (Fsp3) is 0.348. The molecule has 0 bridgehead atoms. The zero-order chi connectivity index (χ0) is 20.8. The van der Waals surface area contributed by atoms with E-state index in [2.05, 4.69) is 54.5 Å². The molecule has 5 nitrogen and oxygen atoms in total. The molecule has 0 radical (unpaired) electrons. The van der Waals surface area contributed by atoms with Crippen LogP contribution in [0.1, 0.15) is 37.8 Å². The SMILES string of the molecule is CCCC(C)NC(=O)CSc1nnc(-c2ccccc2)n1-c1ccc(C)c(C)c1. The van der Waals surface area contributed by atoms with Crippen LogP contribution in [0.4, 0.5) is 0 Å². The summed E-state index contributed by atoms with van der Waals surface area (Å²) in [5.74, 6) is 1.11. The van der Waals surface area contributed by atoms with Gasteiger partial charge >= 0.3 is 0 Å². The van der Waals surface area contributed by atoms with Gasteiger partial charge in [0.1, 0.15) is 0 Å². The molecule has 0 fully saturated rings. The molecule has 0 aliphatic carbocycles. The van der Waals surface area contributed by atoms with Crippen LogP contribution >= 0.6 is 11.8 Å². The predicted molar refractivity (Wildman–Crippen MR) is 120 cm³/mol. The fourth-order valence-corrected chi connectivity index (χ4v) is 3.95. The van der Waals surface area contributed by atoms with E-state index in [1.807, 2.05) is 41.8 Å². The van der Waals surface area contributed by atoms with Gasteiger partial charge in [-0.1, -0.05) is 61.5 Å². The van der Waals surface area contributed by atoms with Crippen LogP contribution in [-0.4, -0.2) is 32.5 Å². The third-order valence-corrected chi connectivity index (χ3v) is 5.80. The number of aromatic nitrogens is 3. The minimum Gasteiger partial charge on any atom is -0.353 e. The Bertz CT molecular complexity index is 968. The number of carbonyl (C=O) groups is 1. The van der Waals surface area contributed by atoms with Gasteiger partial charge in [0, 0.05) is 11.6 Å². The molecular weight excluding hydrogens is 380 g/mol. The molecular formula is C23H28N4OS. The van der Waals surface area contributed by atoms with E-state index in [1.54, 1.807) is 0 Å². The maximum atomic E-state index is 12.3. The number of amides is 1. The molecule has 1 N–H and O–H groups in total. The van der Waals surface area contributed by atoms with Crippen molar-refractivity contribution in [2.75, 3.05) is 5.75 Å². The van der Waals surface area contributed by atoms with Gasteiger partial charge in [-0.3, -0.25) is 9.36 Å². The highest BCUT2D eigenvalue weighted by Crippen LogP contribution is 2.28. The lowest BCUT2D eigenvalue weighted by Gasteiger charge is -2.14. The van der Waals surface area contributed by atoms with Crippen molar-refractivity contribution in [3.05, 3.63) is 59.7 Å². The quantitative estimate of drug-likeness (QED) is 0.536. The first-order valence-electron chi connectivity index (χ1n) is 10.00. The largest absolute Gasteiger partial charge is 0.353 e. The predicted octanol–water partition coefficient (Wildman–Crippen LogP) is 4.95. The lowest BCUT2D eigenvalue weighted by atomic mass is 10.1. The second-order valence-corrected chi connectivity index (χ2v) is 8.26.